The van der Waals surface area contributed by atoms with Gasteiger partial charge in [-0.3, -0.25) is 4.79 Å². The second-order valence-electron chi connectivity index (χ2n) is 5.90. The molecule has 3 rings (SSSR count). The normalized spacial score (nSPS) is 14.8. The molecular formula is C20H21ClN2O2. The smallest absolute Gasteiger partial charge is 0.246 e. The number of carbonyl (C=O) groups is 1. The second kappa shape index (κ2) is 8.08. The van der Waals surface area contributed by atoms with Crippen LogP contribution < -0.4 is 9.64 Å². The van der Waals surface area contributed by atoms with E-state index < -0.39 is 0 Å². The van der Waals surface area contributed by atoms with E-state index in [1.807, 2.05) is 47.4 Å². The lowest BCUT2D eigenvalue weighted by atomic mass is 10.2. The summed E-state index contributed by atoms with van der Waals surface area (Å²) in [6.07, 6.45) is 3.46. The van der Waals surface area contributed by atoms with E-state index in [0.717, 1.165) is 43.2 Å². The van der Waals surface area contributed by atoms with Gasteiger partial charge < -0.3 is 14.5 Å². The number of hydrogen-bond acceptors (Lipinski definition) is 3. The molecule has 1 heterocycles. The molecule has 0 bridgehead atoms. The van der Waals surface area contributed by atoms with Gasteiger partial charge in [-0.25, -0.2) is 0 Å². The number of benzene rings is 2. The molecule has 0 aromatic heterocycles. The van der Waals surface area contributed by atoms with E-state index in [2.05, 4.69) is 17.0 Å². The molecule has 5 heteroatoms. The van der Waals surface area contributed by atoms with Crippen LogP contribution in [-0.2, 0) is 4.79 Å². The zero-order chi connectivity index (χ0) is 17.6. The fourth-order valence-electron chi connectivity index (χ4n) is 2.82. The third-order valence-corrected chi connectivity index (χ3v) is 4.57. The number of amides is 1. The van der Waals surface area contributed by atoms with Crippen LogP contribution in [0, 0.1) is 0 Å². The Morgan fingerprint density at radius 1 is 1.00 bits per heavy atom. The van der Waals surface area contributed by atoms with E-state index in [1.165, 1.54) is 0 Å². The quantitative estimate of drug-likeness (QED) is 0.783. The van der Waals surface area contributed by atoms with Gasteiger partial charge in [-0.15, -0.1) is 0 Å². The van der Waals surface area contributed by atoms with Crippen molar-refractivity contribution in [3.63, 3.8) is 0 Å². The van der Waals surface area contributed by atoms with Crippen LogP contribution in [0.25, 0.3) is 6.08 Å². The maximum atomic E-state index is 12.3. The molecule has 2 aromatic rings. The number of halogens is 1. The van der Waals surface area contributed by atoms with Crippen LogP contribution in [0.5, 0.6) is 5.75 Å². The summed E-state index contributed by atoms with van der Waals surface area (Å²) < 4.78 is 5.19. The largest absolute Gasteiger partial charge is 0.497 e. The lowest BCUT2D eigenvalue weighted by Gasteiger charge is -2.35. The summed E-state index contributed by atoms with van der Waals surface area (Å²) in [5, 5.41) is 0.693. The van der Waals surface area contributed by atoms with E-state index in [1.54, 1.807) is 13.2 Å². The molecule has 0 aliphatic carbocycles. The highest BCUT2D eigenvalue weighted by atomic mass is 35.5. The van der Waals surface area contributed by atoms with Gasteiger partial charge in [0.15, 0.2) is 0 Å². The van der Waals surface area contributed by atoms with Crippen molar-refractivity contribution in [2.45, 2.75) is 0 Å². The van der Waals surface area contributed by atoms with Gasteiger partial charge in [0, 0.05) is 43.0 Å². The molecule has 130 valence electrons. The Bertz CT molecular complexity index is 733. The summed E-state index contributed by atoms with van der Waals surface area (Å²) in [6.45, 7) is 3.09. The highest BCUT2D eigenvalue weighted by Gasteiger charge is 2.19. The highest BCUT2D eigenvalue weighted by Crippen LogP contribution is 2.20. The molecule has 25 heavy (non-hydrogen) atoms. The van der Waals surface area contributed by atoms with Gasteiger partial charge in [-0.05, 0) is 48.0 Å². The van der Waals surface area contributed by atoms with Gasteiger partial charge in [0.2, 0.25) is 5.91 Å². The van der Waals surface area contributed by atoms with Gasteiger partial charge in [-0.2, -0.15) is 0 Å². The molecule has 0 atom stereocenters. The van der Waals surface area contributed by atoms with Crippen LogP contribution in [0.3, 0.4) is 0 Å². The summed E-state index contributed by atoms with van der Waals surface area (Å²) in [5.74, 6) is 0.897. The van der Waals surface area contributed by atoms with Gasteiger partial charge >= 0.3 is 0 Å². The number of rotatable bonds is 4. The minimum Gasteiger partial charge on any atom is -0.497 e. The van der Waals surface area contributed by atoms with Gasteiger partial charge in [0.1, 0.15) is 5.75 Å². The summed E-state index contributed by atoms with van der Waals surface area (Å²) in [7, 11) is 1.66. The predicted octanol–water partition coefficient (Wildman–Crippen LogP) is 3.71. The van der Waals surface area contributed by atoms with Crippen molar-refractivity contribution >= 4 is 29.3 Å². The van der Waals surface area contributed by atoms with Crippen molar-refractivity contribution in [3.8, 4) is 5.75 Å². The van der Waals surface area contributed by atoms with Crippen LogP contribution in [-0.4, -0.2) is 44.1 Å². The zero-order valence-corrected chi connectivity index (χ0v) is 14.9. The number of ether oxygens (including phenoxy) is 1. The topological polar surface area (TPSA) is 32.8 Å². The van der Waals surface area contributed by atoms with Crippen LogP contribution in [0.2, 0.25) is 5.02 Å². The molecule has 0 N–H and O–H groups in total. The molecule has 0 saturated carbocycles. The van der Waals surface area contributed by atoms with E-state index >= 15 is 0 Å². The molecule has 0 unspecified atom stereocenters. The summed E-state index contributed by atoms with van der Waals surface area (Å²) in [6, 6.07) is 15.5. The maximum Gasteiger partial charge on any atom is 0.246 e. The maximum absolute atomic E-state index is 12.3. The Morgan fingerprint density at radius 2 is 1.64 bits per heavy atom. The Balaban J connectivity index is 1.54. The Labute approximate surface area is 153 Å². The monoisotopic (exact) mass is 356 g/mol. The Kier molecular flexibility index (Phi) is 5.61. The summed E-state index contributed by atoms with van der Waals surface area (Å²) in [4.78, 5) is 16.5. The summed E-state index contributed by atoms with van der Waals surface area (Å²) >= 11 is 5.87. The molecule has 4 nitrogen and oxygen atoms in total. The van der Waals surface area contributed by atoms with Crippen molar-refractivity contribution < 1.29 is 9.53 Å². The fourth-order valence-corrected chi connectivity index (χ4v) is 2.95. The average molecular weight is 357 g/mol. The summed E-state index contributed by atoms with van der Waals surface area (Å²) in [5.41, 5.74) is 2.12. The van der Waals surface area contributed by atoms with E-state index in [9.17, 15) is 4.79 Å². The Morgan fingerprint density at radius 3 is 2.24 bits per heavy atom. The third-order valence-electron chi connectivity index (χ3n) is 4.32. The van der Waals surface area contributed by atoms with Crippen LogP contribution >= 0.6 is 11.6 Å². The number of anilines is 1. The number of methoxy groups -OCH3 is 1. The van der Waals surface area contributed by atoms with E-state index in [0.29, 0.717) is 5.02 Å². The first-order chi connectivity index (χ1) is 12.2. The minimum atomic E-state index is 0.0457. The Hall–Kier alpha value is -2.46. The molecule has 0 radical (unpaired) electrons. The fraction of sp³-hybridized carbons (Fsp3) is 0.250. The van der Waals surface area contributed by atoms with Crippen molar-refractivity contribution in [2.24, 2.45) is 0 Å². The molecule has 2 aromatic carbocycles. The first-order valence-corrected chi connectivity index (χ1v) is 8.65. The standard InChI is InChI=1S/C20H21ClN2O2/c1-25-19-9-7-18(8-10-19)22-12-14-23(15-13-22)20(24)11-4-16-2-5-17(21)6-3-16/h2-11H,12-15H2,1H3/b11-4+. The molecule has 1 aliphatic heterocycles. The first kappa shape index (κ1) is 17.4. The van der Waals surface area contributed by atoms with Crippen molar-refractivity contribution in [1.29, 1.82) is 0 Å². The van der Waals surface area contributed by atoms with Crippen molar-refractivity contribution in [1.82, 2.24) is 4.90 Å². The molecule has 1 amide bonds. The predicted molar refractivity (Wildman–Crippen MR) is 102 cm³/mol. The van der Waals surface area contributed by atoms with E-state index in [4.69, 9.17) is 16.3 Å². The van der Waals surface area contributed by atoms with Crippen LogP contribution in [0.4, 0.5) is 5.69 Å². The minimum absolute atomic E-state index is 0.0457. The SMILES string of the molecule is COc1ccc(N2CCN(C(=O)/C=C/c3ccc(Cl)cc3)CC2)cc1. The van der Waals surface area contributed by atoms with Crippen LogP contribution in [0.15, 0.2) is 54.6 Å². The number of piperazine rings is 1. The molecule has 1 saturated heterocycles. The van der Waals surface area contributed by atoms with E-state index in [-0.39, 0.29) is 5.91 Å². The lowest BCUT2D eigenvalue weighted by molar-refractivity contribution is -0.126. The first-order valence-electron chi connectivity index (χ1n) is 8.27. The highest BCUT2D eigenvalue weighted by molar-refractivity contribution is 6.30. The number of hydrogen-bond donors (Lipinski definition) is 0. The third kappa shape index (κ3) is 4.54. The molecular weight excluding hydrogens is 336 g/mol. The zero-order valence-electron chi connectivity index (χ0n) is 14.2. The lowest BCUT2D eigenvalue weighted by Crippen LogP contribution is -2.48. The number of nitrogens with zero attached hydrogens (tertiary/aromatic N) is 2. The molecule has 1 aliphatic rings. The average Bonchev–Trinajstić information content (AvgIpc) is 2.67. The van der Waals surface area contributed by atoms with Crippen molar-refractivity contribution in [3.05, 3.63) is 65.2 Å². The second-order valence-corrected chi connectivity index (χ2v) is 6.33. The number of carbonyl (C=O) groups excluding carboxylic acids is 1. The van der Waals surface area contributed by atoms with Gasteiger partial charge in [0.05, 0.1) is 7.11 Å². The van der Waals surface area contributed by atoms with Gasteiger partial charge in [-0.1, -0.05) is 23.7 Å². The van der Waals surface area contributed by atoms with Gasteiger partial charge in [0.25, 0.3) is 0 Å². The van der Waals surface area contributed by atoms with Crippen molar-refractivity contribution in [2.75, 3.05) is 38.2 Å². The molecule has 1 fully saturated rings. The van der Waals surface area contributed by atoms with Crippen LogP contribution in [0.1, 0.15) is 5.56 Å². The molecule has 0 spiro atoms.